The maximum Gasteiger partial charge on any atom is 0.237 e. The fourth-order valence-electron chi connectivity index (χ4n) is 4.10. The average molecular weight is 368 g/mol. The van der Waals surface area contributed by atoms with Gasteiger partial charge in [0.15, 0.2) is 0 Å². The van der Waals surface area contributed by atoms with Crippen molar-refractivity contribution in [3.8, 4) is 0 Å². The maximum atomic E-state index is 12.6. The van der Waals surface area contributed by atoms with E-state index in [2.05, 4.69) is 10.6 Å². The van der Waals surface area contributed by atoms with Gasteiger partial charge in [-0.1, -0.05) is 23.2 Å². The first kappa shape index (κ1) is 16.2. The van der Waals surface area contributed by atoms with Gasteiger partial charge in [-0.2, -0.15) is 0 Å². The zero-order chi connectivity index (χ0) is 16.9. The Bertz CT molecular complexity index is 718. The molecule has 2 amide bonds. The molecule has 3 aliphatic rings. The van der Waals surface area contributed by atoms with Crippen molar-refractivity contribution in [2.75, 3.05) is 31.5 Å². The van der Waals surface area contributed by atoms with Crippen molar-refractivity contribution in [1.29, 1.82) is 0 Å². The van der Waals surface area contributed by atoms with Gasteiger partial charge in [0.1, 0.15) is 0 Å². The number of likely N-dealkylation sites (tertiary alicyclic amines) is 1. The lowest BCUT2D eigenvalue weighted by atomic mass is 9.81. The molecule has 3 aliphatic heterocycles. The van der Waals surface area contributed by atoms with E-state index in [-0.39, 0.29) is 11.8 Å². The number of benzene rings is 1. The van der Waals surface area contributed by atoms with E-state index in [4.69, 9.17) is 23.2 Å². The lowest BCUT2D eigenvalue weighted by Crippen LogP contribution is -2.39. The SMILES string of the molecule is O=C(C[C@@H]1CCNC1)N1CC[C@]2(C1)C(=O)Nc1cc(Cl)c(Cl)cc12. The molecular formula is C17H19Cl2N3O2. The van der Waals surface area contributed by atoms with Crippen LogP contribution in [0.1, 0.15) is 24.8 Å². The number of nitrogens with zero attached hydrogens (tertiary/aromatic N) is 1. The van der Waals surface area contributed by atoms with Gasteiger partial charge in [-0.25, -0.2) is 0 Å². The molecule has 3 heterocycles. The Kier molecular flexibility index (Phi) is 3.98. The van der Waals surface area contributed by atoms with Crippen molar-refractivity contribution in [3.05, 3.63) is 27.7 Å². The first-order valence-electron chi connectivity index (χ1n) is 8.29. The number of fused-ring (bicyclic) bond motifs is 2. The molecule has 128 valence electrons. The lowest BCUT2D eigenvalue weighted by molar-refractivity contribution is -0.131. The maximum absolute atomic E-state index is 12.6. The van der Waals surface area contributed by atoms with Crippen molar-refractivity contribution in [2.45, 2.75) is 24.7 Å². The molecule has 0 saturated carbocycles. The molecule has 0 aliphatic carbocycles. The van der Waals surface area contributed by atoms with Crippen molar-refractivity contribution in [3.63, 3.8) is 0 Å². The van der Waals surface area contributed by atoms with Crippen LogP contribution in [0.15, 0.2) is 12.1 Å². The third kappa shape index (κ3) is 2.50. The van der Waals surface area contributed by atoms with E-state index in [1.165, 1.54) is 0 Å². The van der Waals surface area contributed by atoms with Gasteiger partial charge in [0, 0.05) is 25.2 Å². The second-order valence-corrected chi connectivity index (χ2v) is 7.79. The van der Waals surface area contributed by atoms with Crippen LogP contribution in [0.5, 0.6) is 0 Å². The van der Waals surface area contributed by atoms with E-state index in [9.17, 15) is 9.59 Å². The molecular weight excluding hydrogens is 349 g/mol. The van der Waals surface area contributed by atoms with E-state index < -0.39 is 5.41 Å². The molecule has 2 saturated heterocycles. The van der Waals surface area contributed by atoms with Crippen LogP contribution >= 0.6 is 23.2 Å². The van der Waals surface area contributed by atoms with Gasteiger partial charge in [-0.3, -0.25) is 9.59 Å². The number of hydrogen-bond donors (Lipinski definition) is 2. The third-order valence-electron chi connectivity index (χ3n) is 5.51. The van der Waals surface area contributed by atoms with Gasteiger partial charge in [0.2, 0.25) is 11.8 Å². The normalized spacial score (nSPS) is 28.5. The summed E-state index contributed by atoms with van der Waals surface area (Å²) in [7, 11) is 0. The van der Waals surface area contributed by atoms with Crippen LogP contribution in [0.3, 0.4) is 0 Å². The highest BCUT2D eigenvalue weighted by molar-refractivity contribution is 6.42. The molecule has 24 heavy (non-hydrogen) atoms. The van der Waals surface area contributed by atoms with Crippen molar-refractivity contribution < 1.29 is 9.59 Å². The standard InChI is InChI=1S/C17H19Cl2N3O2/c18-12-6-11-14(7-13(12)19)21-16(24)17(11)2-4-22(9-17)15(23)5-10-1-3-20-8-10/h6-7,10,20H,1-5,8-9H2,(H,21,24)/t10-,17+/m0/s1. The molecule has 1 aromatic carbocycles. The fourth-order valence-corrected chi connectivity index (χ4v) is 4.43. The molecule has 0 bridgehead atoms. The van der Waals surface area contributed by atoms with Gasteiger partial charge < -0.3 is 15.5 Å². The molecule has 0 radical (unpaired) electrons. The first-order chi connectivity index (χ1) is 11.5. The minimum Gasteiger partial charge on any atom is -0.341 e. The van der Waals surface area contributed by atoms with Crippen LogP contribution in [-0.2, 0) is 15.0 Å². The van der Waals surface area contributed by atoms with Crippen LogP contribution in [0.4, 0.5) is 5.69 Å². The zero-order valence-corrected chi connectivity index (χ0v) is 14.7. The number of carbonyl (C=O) groups is 2. The summed E-state index contributed by atoms with van der Waals surface area (Å²) in [5, 5.41) is 7.05. The molecule has 1 aromatic rings. The largest absolute Gasteiger partial charge is 0.341 e. The number of carbonyl (C=O) groups excluding carboxylic acids is 2. The highest BCUT2D eigenvalue weighted by Crippen LogP contribution is 2.46. The van der Waals surface area contributed by atoms with Crippen molar-refractivity contribution >= 4 is 40.7 Å². The predicted octanol–water partition coefficient (Wildman–Crippen LogP) is 2.42. The number of nitrogens with one attached hydrogen (secondary N) is 2. The smallest absolute Gasteiger partial charge is 0.237 e. The van der Waals surface area contributed by atoms with E-state index in [0.717, 1.165) is 25.1 Å². The lowest BCUT2D eigenvalue weighted by Gasteiger charge is -2.23. The summed E-state index contributed by atoms with van der Waals surface area (Å²) in [6.45, 7) is 2.91. The summed E-state index contributed by atoms with van der Waals surface area (Å²) in [4.78, 5) is 27.1. The number of halogens is 2. The predicted molar refractivity (Wildman–Crippen MR) is 93.6 cm³/mol. The van der Waals surface area contributed by atoms with Crippen LogP contribution in [0.2, 0.25) is 10.0 Å². The number of amides is 2. The molecule has 2 fully saturated rings. The summed E-state index contributed by atoms with van der Waals surface area (Å²) in [6.07, 6.45) is 2.22. The van der Waals surface area contributed by atoms with Crippen molar-refractivity contribution in [2.24, 2.45) is 5.92 Å². The number of hydrogen-bond acceptors (Lipinski definition) is 3. The first-order valence-corrected chi connectivity index (χ1v) is 9.05. The summed E-state index contributed by atoms with van der Waals surface area (Å²) >= 11 is 12.2. The molecule has 4 rings (SSSR count). The quantitative estimate of drug-likeness (QED) is 0.843. The average Bonchev–Trinajstić information content (AvgIpc) is 3.24. The zero-order valence-electron chi connectivity index (χ0n) is 13.2. The van der Waals surface area contributed by atoms with Gasteiger partial charge in [0.25, 0.3) is 0 Å². The second-order valence-electron chi connectivity index (χ2n) is 6.98. The topological polar surface area (TPSA) is 61.4 Å². The van der Waals surface area contributed by atoms with Gasteiger partial charge in [-0.15, -0.1) is 0 Å². The van der Waals surface area contributed by atoms with Crippen molar-refractivity contribution in [1.82, 2.24) is 10.2 Å². The summed E-state index contributed by atoms with van der Waals surface area (Å²) in [5.74, 6) is 0.488. The fraction of sp³-hybridized carbons (Fsp3) is 0.529. The molecule has 0 unspecified atom stereocenters. The van der Waals surface area contributed by atoms with Crippen LogP contribution in [0, 0.1) is 5.92 Å². The molecule has 2 N–H and O–H groups in total. The molecule has 1 spiro atoms. The Morgan fingerprint density at radius 3 is 2.88 bits per heavy atom. The third-order valence-corrected chi connectivity index (χ3v) is 6.23. The van der Waals surface area contributed by atoms with E-state index in [0.29, 0.717) is 47.6 Å². The van der Waals surface area contributed by atoms with E-state index >= 15 is 0 Å². The summed E-state index contributed by atoms with van der Waals surface area (Å²) < 4.78 is 0. The minimum absolute atomic E-state index is 0.0614. The molecule has 7 heteroatoms. The van der Waals surface area contributed by atoms with E-state index in [1.807, 2.05) is 4.90 Å². The van der Waals surface area contributed by atoms with Gasteiger partial charge in [-0.05, 0) is 49.5 Å². The Labute approximate surface area is 150 Å². The monoisotopic (exact) mass is 367 g/mol. The number of rotatable bonds is 2. The summed E-state index contributed by atoms with van der Waals surface area (Å²) in [6, 6.07) is 3.46. The molecule has 2 atom stereocenters. The van der Waals surface area contributed by atoms with Crippen LogP contribution in [-0.4, -0.2) is 42.9 Å². The Hall–Kier alpha value is -1.30. The second kappa shape index (κ2) is 5.90. The highest BCUT2D eigenvalue weighted by Gasteiger charge is 2.52. The Morgan fingerprint density at radius 2 is 2.12 bits per heavy atom. The van der Waals surface area contributed by atoms with Gasteiger partial charge in [0.05, 0.1) is 15.5 Å². The Balaban J connectivity index is 1.56. The van der Waals surface area contributed by atoms with Crippen LogP contribution < -0.4 is 10.6 Å². The minimum atomic E-state index is -0.687. The van der Waals surface area contributed by atoms with E-state index in [1.54, 1.807) is 12.1 Å². The highest BCUT2D eigenvalue weighted by atomic mass is 35.5. The van der Waals surface area contributed by atoms with Gasteiger partial charge >= 0.3 is 0 Å². The Morgan fingerprint density at radius 1 is 1.33 bits per heavy atom. The molecule has 0 aromatic heterocycles. The van der Waals surface area contributed by atoms with Crippen LogP contribution in [0.25, 0.3) is 0 Å². The summed E-state index contributed by atoms with van der Waals surface area (Å²) in [5.41, 5.74) is 0.885. The molecule has 5 nitrogen and oxygen atoms in total. The number of anilines is 1.